The van der Waals surface area contributed by atoms with E-state index >= 15 is 0 Å². The van der Waals surface area contributed by atoms with E-state index < -0.39 is 5.97 Å². The summed E-state index contributed by atoms with van der Waals surface area (Å²) in [7, 11) is 0. The van der Waals surface area contributed by atoms with Crippen LogP contribution in [0.5, 0.6) is 0 Å². The summed E-state index contributed by atoms with van der Waals surface area (Å²) in [4.78, 5) is 22.9. The number of hydrogen-bond acceptors (Lipinski definition) is 4. The van der Waals surface area contributed by atoms with Crippen LogP contribution in [0.15, 0.2) is 17.5 Å². The molecular weight excluding hydrogens is 266 g/mol. The number of nitrogens with one attached hydrogen (secondary N) is 1. The van der Waals surface area contributed by atoms with Crippen LogP contribution in [-0.4, -0.2) is 36.7 Å². The minimum absolute atomic E-state index is 0.184. The molecule has 0 radical (unpaired) electrons. The van der Waals surface area contributed by atoms with Gasteiger partial charge in [-0.2, -0.15) is 0 Å². The van der Waals surface area contributed by atoms with E-state index in [2.05, 4.69) is 5.32 Å². The predicted octanol–water partition coefficient (Wildman–Crippen LogP) is 2.00. The lowest BCUT2D eigenvalue weighted by atomic mass is 10.2. The standard InChI is InChI=1S/C13H17NO4S/c1-2-18-8-3-7-14-13(17)12-10(6-9-19-12)4-5-11(15)16/h4-6,9H,2-3,7-8H2,1H3,(H,14,17)(H,15,16). The molecular formula is C13H17NO4S. The van der Waals surface area contributed by atoms with Crippen molar-refractivity contribution < 1.29 is 19.4 Å². The average molecular weight is 283 g/mol. The summed E-state index contributed by atoms with van der Waals surface area (Å²) in [5.74, 6) is -1.22. The summed E-state index contributed by atoms with van der Waals surface area (Å²) in [6, 6.07) is 1.72. The number of hydrogen-bond donors (Lipinski definition) is 2. The van der Waals surface area contributed by atoms with Gasteiger partial charge in [-0.15, -0.1) is 11.3 Å². The lowest BCUT2D eigenvalue weighted by Crippen LogP contribution is -2.25. The lowest BCUT2D eigenvalue weighted by molar-refractivity contribution is -0.131. The van der Waals surface area contributed by atoms with Gasteiger partial charge >= 0.3 is 5.97 Å². The topological polar surface area (TPSA) is 75.6 Å². The maximum atomic E-state index is 11.9. The molecule has 104 valence electrons. The normalized spacial score (nSPS) is 10.8. The molecule has 2 N–H and O–H groups in total. The minimum atomic E-state index is -1.03. The number of amides is 1. The van der Waals surface area contributed by atoms with Gasteiger partial charge in [0.25, 0.3) is 5.91 Å². The molecule has 0 saturated heterocycles. The molecule has 0 atom stereocenters. The zero-order valence-corrected chi connectivity index (χ0v) is 11.5. The molecule has 0 spiro atoms. The molecule has 6 heteroatoms. The van der Waals surface area contributed by atoms with E-state index in [0.29, 0.717) is 30.2 Å². The molecule has 0 fully saturated rings. The van der Waals surface area contributed by atoms with E-state index in [-0.39, 0.29) is 5.91 Å². The summed E-state index contributed by atoms with van der Waals surface area (Å²) in [5.41, 5.74) is 0.620. The quantitative estimate of drug-likeness (QED) is 0.565. The molecule has 0 aromatic carbocycles. The Morgan fingerprint density at radius 3 is 3.00 bits per heavy atom. The predicted molar refractivity (Wildman–Crippen MR) is 74.4 cm³/mol. The van der Waals surface area contributed by atoms with Crippen molar-refractivity contribution in [2.75, 3.05) is 19.8 Å². The molecule has 0 aliphatic rings. The second kappa shape index (κ2) is 8.44. The smallest absolute Gasteiger partial charge is 0.328 e. The van der Waals surface area contributed by atoms with E-state index in [0.717, 1.165) is 12.5 Å². The third-order valence-corrected chi connectivity index (χ3v) is 3.19. The SMILES string of the molecule is CCOCCCNC(=O)c1sccc1C=CC(=O)O. The fourth-order valence-electron chi connectivity index (χ4n) is 1.40. The van der Waals surface area contributed by atoms with Crippen LogP contribution in [-0.2, 0) is 9.53 Å². The zero-order chi connectivity index (χ0) is 14.1. The van der Waals surface area contributed by atoms with Gasteiger partial charge in [0.1, 0.15) is 0 Å². The van der Waals surface area contributed by atoms with Crippen LogP contribution < -0.4 is 5.32 Å². The highest BCUT2D eigenvalue weighted by molar-refractivity contribution is 7.12. The summed E-state index contributed by atoms with van der Waals surface area (Å²) in [6.45, 7) is 3.75. The number of carboxylic acids is 1. The molecule has 0 aliphatic carbocycles. The van der Waals surface area contributed by atoms with Gasteiger partial charge in [-0.1, -0.05) is 0 Å². The van der Waals surface area contributed by atoms with Crippen molar-refractivity contribution in [3.8, 4) is 0 Å². The van der Waals surface area contributed by atoms with Gasteiger partial charge in [-0.3, -0.25) is 4.79 Å². The van der Waals surface area contributed by atoms with Crippen LogP contribution in [0.3, 0.4) is 0 Å². The van der Waals surface area contributed by atoms with Crippen molar-refractivity contribution in [3.05, 3.63) is 28.0 Å². The molecule has 19 heavy (non-hydrogen) atoms. The van der Waals surface area contributed by atoms with Crippen molar-refractivity contribution in [3.63, 3.8) is 0 Å². The second-order valence-electron chi connectivity index (χ2n) is 3.68. The molecule has 5 nitrogen and oxygen atoms in total. The first-order valence-corrected chi connectivity index (χ1v) is 6.87. The minimum Gasteiger partial charge on any atom is -0.478 e. The number of carbonyl (C=O) groups is 2. The van der Waals surface area contributed by atoms with Crippen molar-refractivity contribution in [2.24, 2.45) is 0 Å². The van der Waals surface area contributed by atoms with Crippen molar-refractivity contribution >= 4 is 29.3 Å². The van der Waals surface area contributed by atoms with Gasteiger partial charge in [-0.25, -0.2) is 4.79 Å². The van der Waals surface area contributed by atoms with Gasteiger partial charge in [-0.05, 0) is 36.4 Å². The molecule has 1 aromatic heterocycles. The fourth-order valence-corrected chi connectivity index (χ4v) is 2.20. The van der Waals surface area contributed by atoms with Gasteiger partial charge in [0, 0.05) is 25.8 Å². The van der Waals surface area contributed by atoms with E-state index in [4.69, 9.17) is 9.84 Å². The first kappa shape index (κ1) is 15.4. The van der Waals surface area contributed by atoms with E-state index in [1.54, 1.807) is 11.4 Å². The van der Waals surface area contributed by atoms with Gasteiger partial charge < -0.3 is 15.2 Å². The number of thiophene rings is 1. The van der Waals surface area contributed by atoms with Crippen LogP contribution in [0.4, 0.5) is 0 Å². The fraction of sp³-hybridized carbons (Fsp3) is 0.385. The van der Waals surface area contributed by atoms with Crippen molar-refractivity contribution in [2.45, 2.75) is 13.3 Å². The Labute approximate surface area is 115 Å². The first-order valence-electron chi connectivity index (χ1n) is 5.99. The molecule has 0 unspecified atom stereocenters. The van der Waals surface area contributed by atoms with Crippen molar-refractivity contribution in [1.82, 2.24) is 5.32 Å². The van der Waals surface area contributed by atoms with E-state index in [1.807, 2.05) is 6.92 Å². The van der Waals surface area contributed by atoms with E-state index in [1.165, 1.54) is 17.4 Å². The molecule has 0 aliphatic heterocycles. The lowest BCUT2D eigenvalue weighted by Gasteiger charge is -2.04. The Morgan fingerprint density at radius 2 is 2.32 bits per heavy atom. The Morgan fingerprint density at radius 1 is 1.53 bits per heavy atom. The van der Waals surface area contributed by atoms with Crippen LogP contribution >= 0.6 is 11.3 Å². The van der Waals surface area contributed by atoms with Crippen molar-refractivity contribution in [1.29, 1.82) is 0 Å². The Bertz CT molecular complexity index is 453. The highest BCUT2D eigenvalue weighted by Gasteiger charge is 2.10. The third kappa shape index (κ3) is 5.67. The molecule has 0 bridgehead atoms. The maximum absolute atomic E-state index is 11.9. The van der Waals surface area contributed by atoms with Crippen LogP contribution in [0, 0.1) is 0 Å². The highest BCUT2D eigenvalue weighted by Crippen LogP contribution is 2.18. The Kier molecular flexibility index (Phi) is 6.84. The van der Waals surface area contributed by atoms with Gasteiger partial charge in [0.2, 0.25) is 0 Å². The zero-order valence-electron chi connectivity index (χ0n) is 10.7. The first-order chi connectivity index (χ1) is 9.15. The summed E-state index contributed by atoms with van der Waals surface area (Å²) in [6.07, 6.45) is 3.20. The molecule has 0 saturated carbocycles. The average Bonchev–Trinajstić information content (AvgIpc) is 2.84. The molecule has 1 aromatic rings. The summed E-state index contributed by atoms with van der Waals surface area (Å²) in [5, 5.41) is 13.1. The highest BCUT2D eigenvalue weighted by atomic mass is 32.1. The number of ether oxygens (including phenoxy) is 1. The van der Waals surface area contributed by atoms with Gasteiger partial charge in [0.05, 0.1) is 4.88 Å². The molecule has 1 rings (SSSR count). The largest absolute Gasteiger partial charge is 0.478 e. The van der Waals surface area contributed by atoms with Crippen LogP contribution in [0.2, 0.25) is 0 Å². The van der Waals surface area contributed by atoms with E-state index in [9.17, 15) is 9.59 Å². The number of carbonyl (C=O) groups excluding carboxylic acids is 1. The number of rotatable bonds is 8. The maximum Gasteiger partial charge on any atom is 0.328 e. The Balaban J connectivity index is 2.48. The molecule has 1 heterocycles. The van der Waals surface area contributed by atoms with Crippen LogP contribution in [0.1, 0.15) is 28.6 Å². The Hall–Kier alpha value is -1.66. The van der Waals surface area contributed by atoms with Crippen LogP contribution in [0.25, 0.3) is 6.08 Å². The number of carboxylic acid groups (broad SMARTS) is 1. The van der Waals surface area contributed by atoms with Gasteiger partial charge in [0.15, 0.2) is 0 Å². The summed E-state index contributed by atoms with van der Waals surface area (Å²) < 4.78 is 5.17. The number of aliphatic carboxylic acids is 1. The summed E-state index contributed by atoms with van der Waals surface area (Å²) >= 11 is 1.29. The molecule has 1 amide bonds. The second-order valence-corrected chi connectivity index (χ2v) is 4.60. The third-order valence-electron chi connectivity index (χ3n) is 2.26. The monoisotopic (exact) mass is 283 g/mol.